The first-order chi connectivity index (χ1) is 12.3. The van der Waals surface area contributed by atoms with Crippen molar-refractivity contribution < 1.29 is 14.6 Å². The van der Waals surface area contributed by atoms with Crippen molar-refractivity contribution in [3.8, 4) is 11.5 Å². The third-order valence-electron chi connectivity index (χ3n) is 3.79. The topological polar surface area (TPSA) is 62.1 Å². The zero-order valence-corrected chi connectivity index (χ0v) is 17.4. The molecule has 0 atom stereocenters. The highest BCUT2D eigenvalue weighted by Crippen LogP contribution is 2.34. The number of hydrazone groups is 1. The van der Waals surface area contributed by atoms with Gasteiger partial charge >= 0.3 is 0 Å². The van der Waals surface area contributed by atoms with Gasteiger partial charge < -0.3 is 9.84 Å². The minimum atomic E-state index is -0.275. The smallest absolute Gasteiger partial charge is 0.280 e. The van der Waals surface area contributed by atoms with Crippen molar-refractivity contribution in [2.45, 2.75) is 6.92 Å². The first-order valence-electron chi connectivity index (χ1n) is 7.45. The van der Waals surface area contributed by atoms with E-state index < -0.39 is 0 Å². The molecule has 0 aliphatic carbocycles. The van der Waals surface area contributed by atoms with Crippen molar-refractivity contribution in [1.29, 1.82) is 0 Å². The van der Waals surface area contributed by atoms with Crippen molar-refractivity contribution in [3.05, 3.63) is 55.1 Å². The summed E-state index contributed by atoms with van der Waals surface area (Å²) in [6.45, 7) is 1.75. The van der Waals surface area contributed by atoms with E-state index in [4.69, 9.17) is 27.9 Å². The molecule has 0 aromatic heterocycles. The number of aromatic hydroxyl groups is 1. The summed E-state index contributed by atoms with van der Waals surface area (Å²) < 4.78 is 5.78. The van der Waals surface area contributed by atoms with E-state index in [2.05, 4.69) is 5.10 Å². The van der Waals surface area contributed by atoms with Crippen LogP contribution in [-0.4, -0.2) is 23.8 Å². The maximum Gasteiger partial charge on any atom is 0.280 e. The number of anilines is 1. The lowest BCUT2D eigenvalue weighted by Crippen LogP contribution is -2.21. The third kappa shape index (κ3) is 3.54. The zero-order chi connectivity index (χ0) is 19.0. The summed E-state index contributed by atoms with van der Waals surface area (Å²) >= 11 is 14.0. The quantitative estimate of drug-likeness (QED) is 0.468. The molecule has 1 N–H and O–H groups in total. The number of hydrogen-bond donors (Lipinski definition) is 1. The Labute approximate surface area is 174 Å². The molecule has 1 aliphatic heterocycles. The van der Waals surface area contributed by atoms with Crippen LogP contribution in [0.25, 0.3) is 6.08 Å². The Balaban J connectivity index is 1.99. The monoisotopic (exact) mass is 502 g/mol. The molecule has 1 amide bonds. The van der Waals surface area contributed by atoms with Crippen molar-refractivity contribution in [2.24, 2.45) is 5.10 Å². The van der Waals surface area contributed by atoms with E-state index in [1.165, 1.54) is 12.1 Å². The maximum absolute atomic E-state index is 12.8. The third-order valence-corrected chi connectivity index (χ3v) is 5.35. The fourth-order valence-corrected chi connectivity index (χ4v) is 3.39. The number of amides is 1. The van der Waals surface area contributed by atoms with Crippen molar-refractivity contribution in [1.82, 2.24) is 0 Å². The highest BCUT2D eigenvalue weighted by atomic mass is 127. The summed E-state index contributed by atoms with van der Waals surface area (Å²) in [6, 6.07) is 8.30. The van der Waals surface area contributed by atoms with Crippen LogP contribution in [-0.2, 0) is 4.79 Å². The molecule has 8 heteroatoms. The van der Waals surface area contributed by atoms with E-state index in [1.54, 1.807) is 43.3 Å². The number of methoxy groups -OCH3 is 1. The minimum absolute atomic E-state index is 0.0656. The fourth-order valence-electron chi connectivity index (χ4n) is 2.48. The molecule has 0 spiro atoms. The summed E-state index contributed by atoms with van der Waals surface area (Å²) in [6.07, 6.45) is 1.71. The van der Waals surface area contributed by atoms with Crippen LogP contribution in [0.5, 0.6) is 11.5 Å². The second kappa shape index (κ2) is 7.46. The number of carbonyl (C=O) groups is 1. The summed E-state index contributed by atoms with van der Waals surface area (Å²) in [5.41, 5.74) is 2.27. The number of rotatable bonds is 3. The second-order valence-corrected chi connectivity index (χ2v) is 7.49. The van der Waals surface area contributed by atoms with Crippen molar-refractivity contribution >= 4 is 69.2 Å². The molecule has 3 rings (SSSR count). The SMILES string of the molecule is COc1cc(/C=C2\C(=O)N(c3ccc(Cl)c(Cl)c3)N=C2C)cc(I)c1O. The van der Waals surface area contributed by atoms with E-state index in [0.29, 0.717) is 36.3 Å². The van der Waals surface area contributed by atoms with E-state index in [0.717, 1.165) is 5.56 Å². The zero-order valence-electron chi connectivity index (χ0n) is 13.8. The molecule has 134 valence electrons. The van der Waals surface area contributed by atoms with Crippen LogP contribution in [0.3, 0.4) is 0 Å². The van der Waals surface area contributed by atoms with Gasteiger partial charge in [0, 0.05) is 0 Å². The highest BCUT2D eigenvalue weighted by molar-refractivity contribution is 14.1. The molecular weight excluding hydrogens is 490 g/mol. The van der Waals surface area contributed by atoms with Crippen molar-refractivity contribution in [2.75, 3.05) is 12.1 Å². The summed E-state index contributed by atoms with van der Waals surface area (Å²) in [5, 5.41) is 16.3. The number of nitrogens with zero attached hydrogens (tertiary/aromatic N) is 2. The Kier molecular flexibility index (Phi) is 5.45. The van der Waals surface area contributed by atoms with Crippen LogP contribution in [0.2, 0.25) is 10.0 Å². The van der Waals surface area contributed by atoms with Gasteiger partial charge in [-0.1, -0.05) is 23.2 Å². The average molecular weight is 503 g/mol. The van der Waals surface area contributed by atoms with Crippen molar-refractivity contribution in [3.63, 3.8) is 0 Å². The molecule has 0 bridgehead atoms. The molecule has 2 aromatic carbocycles. The van der Waals surface area contributed by atoms with E-state index in [1.807, 2.05) is 22.6 Å². The lowest BCUT2D eigenvalue weighted by Gasteiger charge is -2.12. The molecular formula is C18H13Cl2IN2O3. The van der Waals surface area contributed by atoms with Gasteiger partial charge in [-0.2, -0.15) is 10.1 Å². The van der Waals surface area contributed by atoms with E-state index in [-0.39, 0.29) is 11.7 Å². The summed E-state index contributed by atoms with van der Waals surface area (Å²) in [4.78, 5) is 12.8. The molecule has 0 unspecified atom stereocenters. The fraction of sp³-hybridized carbons (Fsp3) is 0.111. The van der Waals surface area contributed by atoms with Gasteiger partial charge in [-0.3, -0.25) is 4.79 Å². The van der Waals surface area contributed by atoms with Gasteiger partial charge in [-0.15, -0.1) is 0 Å². The Morgan fingerprint density at radius 1 is 1.23 bits per heavy atom. The average Bonchev–Trinajstić information content (AvgIpc) is 2.88. The lowest BCUT2D eigenvalue weighted by molar-refractivity contribution is -0.114. The molecule has 0 saturated carbocycles. The van der Waals surface area contributed by atoms with Gasteiger partial charge in [0.15, 0.2) is 11.5 Å². The predicted octanol–water partition coefficient (Wildman–Crippen LogP) is 5.12. The Hall–Kier alpha value is -1.77. The predicted molar refractivity (Wildman–Crippen MR) is 112 cm³/mol. The molecule has 1 heterocycles. The Bertz CT molecular complexity index is 973. The van der Waals surface area contributed by atoms with Crippen LogP contribution >= 0.6 is 45.8 Å². The van der Waals surface area contributed by atoms with Crippen LogP contribution < -0.4 is 9.75 Å². The largest absolute Gasteiger partial charge is 0.504 e. The number of phenols is 1. The Morgan fingerprint density at radius 2 is 1.96 bits per heavy atom. The number of hydrogen-bond acceptors (Lipinski definition) is 4. The number of carbonyl (C=O) groups excluding carboxylic acids is 1. The Morgan fingerprint density at radius 3 is 2.62 bits per heavy atom. The van der Waals surface area contributed by atoms with Gasteiger partial charge in [0.1, 0.15) is 0 Å². The first kappa shape index (κ1) is 19.0. The van der Waals surface area contributed by atoms with E-state index >= 15 is 0 Å². The van der Waals surface area contributed by atoms with Gasteiger partial charge in [-0.05, 0) is 71.5 Å². The molecule has 26 heavy (non-hydrogen) atoms. The molecule has 0 fully saturated rings. The van der Waals surface area contributed by atoms with Crippen LogP contribution in [0, 0.1) is 3.57 Å². The molecule has 0 radical (unpaired) electrons. The number of halogens is 3. The van der Waals surface area contributed by atoms with Gasteiger partial charge in [-0.25, -0.2) is 0 Å². The molecule has 2 aromatic rings. The summed E-state index contributed by atoms with van der Waals surface area (Å²) in [5.74, 6) is 0.129. The highest BCUT2D eigenvalue weighted by Gasteiger charge is 2.29. The standard InChI is InChI=1S/C18H13Cl2IN2O3/c1-9-12(5-10-6-15(21)17(24)16(7-10)26-2)18(25)23(22-9)11-3-4-13(19)14(20)8-11/h3-8,24H,1-2H3/b12-5-. The summed E-state index contributed by atoms with van der Waals surface area (Å²) in [7, 11) is 1.47. The van der Waals surface area contributed by atoms with Crippen LogP contribution in [0.1, 0.15) is 12.5 Å². The number of phenolic OH excluding ortho intramolecular Hbond substituents is 1. The molecule has 1 aliphatic rings. The van der Waals surface area contributed by atoms with Crippen LogP contribution in [0.4, 0.5) is 5.69 Å². The lowest BCUT2D eigenvalue weighted by atomic mass is 10.1. The number of benzene rings is 2. The first-order valence-corrected chi connectivity index (χ1v) is 9.28. The van der Waals surface area contributed by atoms with Gasteiger partial charge in [0.25, 0.3) is 5.91 Å². The number of ether oxygens (including phenoxy) is 1. The molecule has 5 nitrogen and oxygen atoms in total. The van der Waals surface area contributed by atoms with Gasteiger partial charge in [0.05, 0.1) is 37.7 Å². The second-order valence-electron chi connectivity index (χ2n) is 5.51. The molecule has 0 saturated heterocycles. The normalized spacial score (nSPS) is 15.6. The van der Waals surface area contributed by atoms with Crippen LogP contribution in [0.15, 0.2) is 41.0 Å². The minimum Gasteiger partial charge on any atom is -0.504 e. The maximum atomic E-state index is 12.8. The van der Waals surface area contributed by atoms with E-state index in [9.17, 15) is 9.90 Å². The van der Waals surface area contributed by atoms with Gasteiger partial charge in [0.2, 0.25) is 0 Å².